The molecule has 1 aliphatic carbocycles. The third-order valence-corrected chi connectivity index (χ3v) is 4.79. The molecule has 0 spiro atoms. The topological polar surface area (TPSA) is 20.2 Å². The number of halogens is 2. The normalized spacial score (nSPS) is 21.7. The van der Waals surface area contributed by atoms with Crippen LogP contribution in [0.5, 0.6) is 0 Å². The fraction of sp³-hybridized carbons (Fsp3) is 0.143. The minimum absolute atomic E-state index is 0.135. The van der Waals surface area contributed by atoms with E-state index in [9.17, 15) is 5.11 Å². The summed E-state index contributed by atoms with van der Waals surface area (Å²) in [5, 5.41) is 10.5. The maximum Gasteiger partial charge on any atom is 0.132 e. The molecular formula is C14H10Cl2OS. The molecule has 3 rings (SSSR count). The lowest BCUT2D eigenvalue weighted by Gasteiger charge is -2.26. The number of alkyl halides is 2. The van der Waals surface area contributed by atoms with Gasteiger partial charge in [0.25, 0.3) is 0 Å². The van der Waals surface area contributed by atoms with Gasteiger partial charge in [0.05, 0.1) is 5.25 Å². The maximum absolute atomic E-state index is 10.4. The number of aliphatic hydroxyl groups excluding tert-OH is 1. The zero-order chi connectivity index (χ0) is 12.7. The molecule has 2 aliphatic rings. The quantitative estimate of drug-likeness (QED) is 0.756. The number of allylic oxidation sites excluding steroid dienone is 3. The van der Waals surface area contributed by atoms with E-state index in [1.54, 1.807) is 11.8 Å². The second-order valence-electron chi connectivity index (χ2n) is 4.14. The van der Waals surface area contributed by atoms with E-state index in [-0.39, 0.29) is 5.25 Å². The van der Waals surface area contributed by atoms with Gasteiger partial charge in [0.2, 0.25) is 0 Å². The Balaban J connectivity index is 2.13. The van der Waals surface area contributed by atoms with Crippen molar-refractivity contribution in [3.8, 4) is 0 Å². The Morgan fingerprint density at radius 3 is 2.78 bits per heavy atom. The van der Waals surface area contributed by atoms with Gasteiger partial charge < -0.3 is 5.11 Å². The van der Waals surface area contributed by atoms with Gasteiger partial charge in [-0.1, -0.05) is 30.4 Å². The van der Waals surface area contributed by atoms with E-state index >= 15 is 0 Å². The highest BCUT2D eigenvalue weighted by atomic mass is 35.5. The van der Waals surface area contributed by atoms with Crippen molar-refractivity contribution < 1.29 is 5.11 Å². The summed E-state index contributed by atoms with van der Waals surface area (Å²) in [7, 11) is 0. The third kappa shape index (κ3) is 1.99. The molecule has 92 valence electrons. The Bertz CT molecular complexity index is 587. The SMILES string of the molecule is OC1=C2C=C(C(Cl)Cl)C=C[C@@H]2Sc2ccccc21. The largest absolute Gasteiger partial charge is 0.507 e. The minimum Gasteiger partial charge on any atom is -0.507 e. The Labute approximate surface area is 120 Å². The van der Waals surface area contributed by atoms with Crippen molar-refractivity contribution in [2.75, 3.05) is 0 Å². The second-order valence-corrected chi connectivity index (χ2v) is 6.42. The molecule has 0 amide bonds. The molecule has 0 aromatic heterocycles. The average Bonchev–Trinajstić information content (AvgIpc) is 2.38. The molecule has 1 aromatic carbocycles. The first-order valence-corrected chi connectivity index (χ1v) is 7.29. The molecule has 1 N–H and O–H groups in total. The van der Waals surface area contributed by atoms with Crippen LogP contribution in [-0.2, 0) is 0 Å². The van der Waals surface area contributed by atoms with Gasteiger partial charge in [0.1, 0.15) is 10.6 Å². The van der Waals surface area contributed by atoms with E-state index in [2.05, 4.69) is 0 Å². The molecule has 1 heterocycles. The van der Waals surface area contributed by atoms with Gasteiger partial charge in [0.15, 0.2) is 0 Å². The van der Waals surface area contributed by atoms with Crippen LogP contribution in [0.3, 0.4) is 0 Å². The zero-order valence-corrected chi connectivity index (χ0v) is 11.6. The van der Waals surface area contributed by atoms with Crippen LogP contribution in [0.15, 0.2) is 58.5 Å². The molecule has 0 saturated heterocycles. The van der Waals surface area contributed by atoms with Crippen LogP contribution in [0, 0.1) is 0 Å². The minimum atomic E-state index is -0.565. The lowest BCUT2D eigenvalue weighted by molar-refractivity contribution is 0.504. The first kappa shape index (κ1) is 12.2. The fourth-order valence-corrected chi connectivity index (χ4v) is 3.57. The molecule has 1 atom stereocenters. The summed E-state index contributed by atoms with van der Waals surface area (Å²) in [5.41, 5.74) is 2.57. The molecular weight excluding hydrogens is 287 g/mol. The van der Waals surface area contributed by atoms with Gasteiger partial charge in [-0.2, -0.15) is 0 Å². The number of benzene rings is 1. The number of hydrogen-bond acceptors (Lipinski definition) is 2. The predicted molar refractivity (Wildman–Crippen MR) is 78.4 cm³/mol. The first-order valence-electron chi connectivity index (χ1n) is 5.54. The van der Waals surface area contributed by atoms with Crippen molar-refractivity contribution in [2.24, 2.45) is 0 Å². The Morgan fingerprint density at radius 2 is 2.00 bits per heavy atom. The fourth-order valence-electron chi connectivity index (χ4n) is 2.11. The van der Waals surface area contributed by atoms with E-state index in [0.717, 1.165) is 21.6 Å². The van der Waals surface area contributed by atoms with Gasteiger partial charge in [-0.3, -0.25) is 0 Å². The van der Waals surface area contributed by atoms with E-state index < -0.39 is 4.84 Å². The van der Waals surface area contributed by atoms with Crippen molar-refractivity contribution in [3.05, 3.63) is 59.2 Å². The van der Waals surface area contributed by atoms with Crippen molar-refractivity contribution in [1.29, 1.82) is 0 Å². The number of hydrogen-bond donors (Lipinski definition) is 1. The molecule has 0 radical (unpaired) electrons. The summed E-state index contributed by atoms with van der Waals surface area (Å²) in [6.45, 7) is 0. The van der Waals surface area contributed by atoms with Gasteiger partial charge in [-0.05, 0) is 17.7 Å². The first-order chi connectivity index (χ1) is 8.66. The number of thioether (sulfide) groups is 1. The van der Waals surface area contributed by atoms with Crippen LogP contribution < -0.4 is 0 Å². The van der Waals surface area contributed by atoms with Crippen molar-refractivity contribution >= 4 is 40.7 Å². The van der Waals surface area contributed by atoms with Crippen LogP contribution in [0.1, 0.15) is 5.56 Å². The lowest BCUT2D eigenvalue weighted by atomic mass is 9.97. The molecule has 18 heavy (non-hydrogen) atoms. The van der Waals surface area contributed by atoms with Gasteiger partial charge in [-0.25, -0.2) is 0 Å². The van der Waals surface area contributed by atoms with E-state index in [0.29, 0.717) is 5.76 Å². The number of rotatable bonds is 1. The van der Waals surface area contributed by atoms with Gasteiger partial charge in [-0.15, -0.1) is 35.0 Å². The van der Waals surface area contributed by atoms with Crippen LogP contribution in [0.4, 0.5) is 0 Å². The highest BCUT2D eigenvalue weighted by Gasteiger charge is 2.27. The summed E-state index contributed by atoms with van der Waals surface area (Å²) >= 11 is 13.5. The summed E-state index contributed by atoms with van der Waals surface area (Å²) in [6, 6.07) is 7.84. The molecule has 1 nitrogen and oxygen atoms in total. The molecule has 0 saturated carbocycles. The summed E-state index contributed by atoms with van der Waals surface area (Å²) in [4.78, 5) is 0.531. The van der Waals surface area contributed by atoms with E-state index in [1.807, 2.05) is 42.5 Å². The number of fused-ring (bicyclic) bond motifs is 2. The van der Waals surface area contributed by atoms with Crippen LogP contribution in [-0.4, -0.2) is 15.2 Å². The summed E-state index contributed by atoms with van der Waals surface area (Å²) < 4.78 is 0. The Kier molecular flexibility index (Phi) is 3.18. The Hall–Kier alpha value is -0.830. The molecule has 1 aromatic rings. The molecule has 0 unspecified atom stereocenters. The highest BCUT2D eigenvalue weighted by Crippen LogP contribution is 2.44. The smallest absolute Gasteiger partial charge is 0.132 e. The standard InChI is InChI=1S/C14H10Cl2OS/c15-14(16)8-5-6-12-10(7-8)13(17)9-3-1-2-4-11(9)18-12/h1-7,12,14,17H/t12-/m0/s1. The average molecular weight is 297 g/mol. The summed E-state index contributed by atoms with van der Waals surface area (Å²) in [5.74, 6) is 0.324. The summed E-state index contributed by atoms with van der Waals surface area (Å²) in [6.07, 6.45) is 5.83. The molecule has 0 fully saturated rings. The maximum atomic E-state index is 10.4. The van der Waals surface area contributed by atoms with E-state index in [1.165, 1.54) is 0 Å². The van der Waals surface area contributed by atoms with Crippen LogP contribution in [0.2, 0.25) is 0 Å². The predicted octanol–water partition coefficient (Wildman–Crippen LogP) is 4.73. The monoisotopic (exact) mass is 296 g/mol. The third-order valence-electron chi connectivity index (χ3n) is 3.01. The van der Waals surface area contributed by atoms with Crippen molar-refractivity contribution in [3.63, 3.8) is 0 Å². The van der Waals surface area contributed by atoms with Crippen molar-refractivity contribution in [1.82, 2.24) is 0 Å². The molecule has 4 heteroatoms. The van der Waals surface area contributed by atoms with Crippen LogP contribution in [0.25, 0.3) is 5.76 Å². The van der Waals surface area contributed by atoms with Gasteiger partial charge >= 0.3 is 0 Å². The highest BCUT2D eigenvalue weighted by molar-refractivity contribution is 8.00. The number of aliphatic hydroxyl groups is 1. The lowest BCUT2D eigenvalue weighted by Crippen LogP contribution is -2.14. The van der Waals surface area contributed by atoms with Gasteiger partial charge in [0, 0.05) is 16.0 Å². The second kappa shape index (κ2) is 4.69. The molecule has 1 aliphatic heterocycles. The Morgan fingerprint density at radius 1 is 1.22 bits per heavy atom. The zero-order valence-electron chi connectivity index (χ0n) is 9.31. The van der Waals surface area contributed by atoms with Crippen molar-refractivity contribution in [2.45, 2.75) is 15.0 Å². The van der Waals surface area contributed by atoms with Crippen LogP contribution >= 0.6 is 35.0 Å². The van der Waals surface area contributed by atoms with E-state index in [4.69, 9.17) is 23.2 Å². The molecule has 0 bridgehead atoms.